The molecule has 2 aromatic carbocycles. The molecular weight excluding hydrogens is 480 g/mol. The minimum atomic E-state index is -4.76. The van der Waals surface area contributed by atoms with Crippen molar-refractivity contribution < 1.29 is 26.4 Å². The zero-order valence-electron chi connectivity index (χ0n) is 15.9. The molecule has 13 heteroatoms. The standard InChI is InChI=1S/C18H13Cl2F3N4O3S/c1-10-16(17(28)26(2)31(29,30)15-6-4-3-5-13(15)20)24-25-27(10)14-8-7-11(19)9-12(14)18(21,22)23/h3-9H,1-2H3. The Bertz CT molecular complexity index is 1280. The molecule has 0 aliphatic heterocycles. The van der Waals surface area contributed by atoms with Gasteiger partial charge in [-0.25, -0.2) is 17.4 Å². The zero-order valence-corrected chi connectivity index (χ0v) is 18.2. The second-order valence-corrected chi connectivity index (χ2v) is 9.08. The predicted octanol–water partition coefficient (Wildman–Crippen LogP) is 4.36. The maximum absolute atomic E-state index is 13.4. The maximum atomic E-state index is 13.4. The van der Waals surface area contributed by atoms with Gasteiger partial charge in [0.25, 0.3) is 15.9 Å². The van der Waals surface area contributed by atoms with E-state index in [9.17, 15) is 26.4 Å². The first-order chi connectivity index (χ1) is 14.4. The van der Waals surface area contributed by atoms with E-state index in [1.165, 1.54) is 37.3 Å². The summed E-state index contributed by atoms with van der Waals surface area (Å²) in [7, 11) is -3.36. The normalized spacial score (nSPS) is 12.1. The van der Waals surface area contributed by atoms with Gasteiger partial charge in [0.05, 0.1) is 22.0 Å². The van der Waals surface area contributed by atoms with Crippen molar-refractivity contribution in [2.24, 2.45) is 0 Å². The lowest BCUT2D eigenvalue weighted by atomic mass is 10.1. The maximum Gasteiger partial charge on any atom is 0.418 e. The lowest BCUT2D eigenvalue weighted by Crippen LogP contribution is -2.34. The monoisotopic (exact) mass is 492 g/mol. The van der Waals surface area contributed by atoms with Crippen LogP contribution in [0.5, 0.6) is 0 Å². The smallest absolute Gasteiger partial charge is 0.266 e. The van der Waals surface area contributed by atoms with Gasteiger partial charge in [-0.15, -0.1) is 5.10 Å². The van der Waals surface area contributed by atoms with Gasteiger partial charge < -0.3 is 0 Å². The summed E-state index contributed by atoms with van der Waals surface area (Å²) in [5.74, 6) is -1.09. The molecular formula is C18H13Cl2F3N4O3S. The number of sulfonamides is 1. The first kappa shape index (κ1) is 23.0. The molecule has 164 valence electrons. The average molecular weight is 493 g/mol. The molecule has 1 aromatic heterocycles. The number of carbonyl (C=O) groups excluding carboxylic acids is 1. The Morgan fingerprint density at radius 3 is 2.39 bits per heavy atom. The van der Waals surface area contributed by atoms with Crippen LogP contribution < -0.4 is 0 Å². The highest BCUT2D eigenvalue weighted by Gasteiger charge is 2.36. The Hall–Kier alpha value is -2.63. The summed E-state index contributed by atoms with van der Waals surface area (Å²) >= 11 is 11.6. The van der Waals surface area contributed by atoms with Gasteiger partial charge in [0, 0.05) is 12.1 Å². The van der Waals surface area contributed by atoms with Crippen LogP contribution in [0.4, 0.5) is 13.2 Å². The Kier molecular flexibility index (Phi) is 6.05. The van der Waals surface area contributed by atoms with Crippen molar-refractivity contribution in [3.05, 3.63) is 69.5 Å². The first-order valence-electron chi connectivity index (χ1n) is 8.43. The second-order valence-electron chi connectivity index (χ2n) is 6.30. The van der Waals surface area contributed by atoms with Gasteiger partial charge in [-0.2, -0.15) is 13.2 Å². The lowest BCUT2D eigenvalue weighted by Gasteiger charge is -2.17. The fraction of sp³-hybridized carbons (Fsp3) is 0.167. The van der Waals surface area contributed by atoms with Crippen molar-refractivity contribution in [3.8, 4) is 5.69 Å². The van der Waals surface area contributed by atoms with Crippen molar-refractivity contribution in [1.82, 2.24) is 19.3 Å². The quantitative estimate of drug-likeness (QED) is 0.539. The van der Waals surface area contributed by atoms with Crippen molar-refractivity contribution in [3.63, 3.8) is 0 Å². The molecule has 0 aliphatic carbocycles. The molecule has 0 fully saturated rings. The first-order valence-corrected chi connectivity index (χ1v) is 10.6. The van der Waals surface area contributed by atoms with Crippen molar-refractivity contribution >= 4 is 39.1 Å². The van der Waals surface area contributed by atoms with E-state index >= 15 is 0 Å². The second kappa shape index (κ2) is 8.13. The van der Waals surface area contributed by atoms with Gasteiger partial charge >= 0.3 is 6.18 Å². The zero-order chi connectivity index (χ0) is 23.1. The number of nitrogens with zero attached hydrogens (tertiary/aromatic N) is 4. The highest BCUT2D eigenvalue weighted by atomic mass is 35.5. The van der Waals surface area contributed by atoms with Crippen molar-refractivity contribution in [2.45, 2.75) is 18.0 Å². The Labute approximate surface area is 185 Å². The Morgan fingerprint density at radius 2 is 1.77 bits per heavy atom. The van der Waals surface area contributed by atoms with E-state index in [0.29, 0.717) is 10.4 Å². The summed E-state index contributed by atoms with van der Waals surface area (Å²) in [6, 6.07) is 8.52. The van der Waals surface area contributed by atoms with Crippen molar-refractivity contribution in [1.29, 1.82) is 0 Å². The van der Waals surface area contributed by atoms with E-state index < -0.39 is 39.1 Å². The van der Waals surface area contributed by atoms with Gasteiger partial charge in [0.15, 0.2) is 5.69 Å². The third-order valence-corrected chi connectivity index (χ3v) is 6.83. The van der Waals surface area contributed by atoms with Crippen LogP contribution in [-0.2, 0) is 16.2 Å². The number of amides is 1. The summed E-state index contributed by atoms with van der Waals surface area (Å²) in [5.41, 5.74) is -2.05. The highest BCUT2D eigenvalue weighted by Crippen LogP contribution is 2.36. The van der Waals surface area contributed by atoms with Gasteiger partial charge in [0.2, 0.25) is 0 Å². The third kappa shape index (κ3) is 4.25. The lowest BCUT2D eigenvalue weighted by molar-refractivity contribution is -0.137. The SMILES string of the molecule is Cc1c(C(=O)N(C)S(=O)(=O)c2ccccc2Cl)nnn1-c1ccc(Cl)cc1C(F)(F)F. The average Bonchev–Trinajstić information content (AvgIpc) is 3.07. The molecule has 0 spiro atoms. The molecule has 0 saturated heterocycles. The largest absolute Gasteiger partial charge is 0.418 e. The molecule has 3 aromatic rings. The van der Waals surface area contributed by atoms with Gasteiger partial charge in [0.1, 0.15) is 4.90 Å². The molecule has 0 radical (unpaired) electrons. The fourth-order valence-corrected chi connectivity index (χ4v) is 4.50. The van der Waals surface area contributed by atoms with E-state index in [-0.39, 0.29) is 20.6 Å². The van der Waals surface area contributed by atoms with Gasteiger partial charge in [-0.3, -0.25) is 4.79 Å². The number of aromatic nitrogens is 3. The number of hydrogen-bond acceptors (Lipinski definition) is 5. The summed E-state index contributed by atoms with van der Waals surface area (Å²) in [6.07, 6.45) is -4.76. The number of hydrogen-bond donors (Lipinski definition) is 0. The molecule has 0 atom stereocenters. The molecule has 1 amide bonds. The number of carbonyl (C=O) groups is 1. The van der Waals surface area contributed by atoms with Crippen LogP contribution in [0.2, 0.25) is 10.0 Å². The topological polar surface area (TPSA) is 85.2 Å². The minimum absolute atomic E-state index is 0.0981. The molecule has 0 aliphatic rings. The fourth-order valence-electron chi connectivity index (χ4n) is 2.74. The molecule has 0 N–H and O–H groups in total. The highest BCUT2D eigenvalue weighted by molar-refractivity contribution is 7.89. The summed E-state index contributed by atoms with van der Waals surface area (Å²) in [6.45, 7) is 1.29. The number of halogens is 5. The Balaban J connectivity index is 2.05. The van der Waals surface area contributed by atoms with Gasteiger partial charge in [-0.1, -0.05) is 40.5 Å². The molecule has 0 bridgehead atoms. The van der Waals surface area contributed by atoms with E-state index in [2.05, 4.69) is 10.3 Å². The van der Waals surface area contributed by atoms with E-state index in [1.54, 1.807) is 0 Å². The van der Waals surface area contributed by atoms with E-state index in [1.807, 2.05) is 0 Å². The van der Waals surface area contributed by atoms with E-state index in [0.717, 1.165) is 17.8 Å². The molecule has 0 saturated carbocycles. The van der Waals surface area contributed by atoms with Crippen LogP contribution in [-0.4, -0.2) is 40.7 Å². The third-order valence-electron chi connectivity index (χ3n) is 4.35. The Morgan fingerprint density at radius 1 is 1.13 bits per heavy atom. The summed E-state index contributed by atoms with van der Waals surface area (Å²) < 4.78 is 67.1. The van der Waals surface area contributed by atoms with Crippen LogP contribution >= 0.6 is 23.2 Å². The molecule has 0 unspecified atom stereocenters. The molecule has 31 heavy (non-hydrogen) atoms. The number of benzene rings is 2. The van der Waals surface area contributed by atoms with Crippen LogP contribution in [0.3, 0.4) is 0 Å². The number of rotatable bonds is 4. The molecule has 7 nitrogen and oxygen atoms in total. The van der Waals surface area contributed by atoms with Crippen LogP contribution in [0, 0.1) is 6.92 Å². The van der Waals surface area contributed by atoms with Crippen LogP contribution in [0.1, 0.15) is 21.7 Å². The van der Waals surface area contributed by atoms with Crippen molar-refractivity contribution in [2.75, 3.05) is 7.05 Å². The van der Waals surface area contributed by atoms with E-state index in [4.69, 9.17) is 23.2 Å². The minimum Gasteiger partial charge on any atom is -0.266 e. The summed E-state index contributed by atoms with van der Waals surface area (Å²) in [5, 5.41) is 6.99. The molecule has 1 heterocycles. The molecule has 3 rings (SSSR count). The van der Waals surface area contributed by atoms with Crippen LogP contribution in [0.25, 0.3) is 5.69 Å². The van der Waals surface area contributed by atoms with Crippen LogP contribution in [0.15, 0.2) is 47.4 Å². The number of alkyl halides is 3. The van der Waals surface area contributed by atoms with Gasteiger partial charge in [-0.05, 0) is 37.3 Å². The summed E-state index contributed by atoms with van der Waals surface area (Å²) in [4.78, 5) is 12.5. The predicted molar refractivity (Wildman–Crippen MR) is 107 cm³/mol.